The van der Waals surface area contributed by atoms with Gasteiger partial charge in [-0.1, -0.05) is 32.8 Å². The van der Waals surface area contributed by atoms with Crippen LogP contribution >= 0.6 is 11.3 Å². The van der Waals surface area contributed by atoms with Crippen molar-refractivity contribution in [1.29, 1.82) is 0 Å². The van der Waals surface area contributed by atoms with E-state index < -0.39 is 5.97 Å². The van der Waals surface area contributed by atoms with Gasteiger partial charge in [0.2, 0.25) is 0 Å². The third kappa shape index (κ3) is 6.48. The molecule has 2 heterocycles. The molecule has 0 bridgehead atoms. The molecule has 1 fully saturated rings. The number of carbonyl (C=O) groups excluding carboxylic acids is 1. The van der Waals surface area contributed by atoms with Gasteiger partial charge in [-0.15, -0.1) is 11.3 Å². The molecule has 0 aromatic carbocycles. The molecule has 0 aliphatic carbocycles. The van der Waals surface area contributed by atoms with Crippen molar-refractivity contribution < 1.29 is 19.4 Å². The van der Waals surface area contributed by atoms with Gasteiger partial charge in [0, 0.05) is 24.5 Å². The minimum absolute atomic E-state index is 0.0171. The Hall–Kier alpha value is -1.64. The molecule has 1 saturated heterocycles. The molecular formula is C19H31N3O4S. The van der Waals surface area contributed by atoms with E-state index in [9.17, 15) is 9.59 Å². The Labute approximate surface area is 165 Å². The van der Waals surface area contributed by atoms with Crippen LogP contribution < -0.4 is 5.32 Å². The van der Waals surface area contributed by atoms with Crippen LogP contribution in [-0.4, -0.2) is 72.8 Å². The first kappa shape index (κ1) is 21.7. The number of carboxylic acids is 1. The molecule has 1 aliphatic rings. The van der Waals surface area contributed by atoms with E-state index in [0.717, 1.165) is 12.8 Å². The van der Waals surface area contributed by atoms with E-state index in [1.807, 2.05) is 11.4 Å². The third-order valence-electron chi connectivity index (χ3n) is 5.00. The highest BCUT2D eigenvalue weighted by Gasteiger charge is 2.29. The normalized spacial score (nSPS) is 18.7. The summed E-state index contributed by atoms with van der Waals surface area (Å²) in [5.41, 5.74) is 0. The van der Waals surface area contributed by atoms with Gasteiger partial charge >= 0.3 is 12.0 Å². The molecule has 8 heteroatoms. The van der Waals surface area contributed by atoms with Crippen LogP contribution in [0.1, 0.15) is 37.6 Å². The minimum Gasteiger partial charge on any atom is -0.480 e. The smallest absolute Gasteiger partial charge is 0.318 e. The van der Waals surface area contributed by atoms with Gasteiger partial charge < -0.3 is 20.1 Å². The van der Waals surface area contributed by atoms with Gasteiger partial charge in [-0.3, -0.25) is 9.69 Å². The van der Waals surface area contributed by atoms with Crippen LogP contribution in [0.3, 0.4) is 0 Å². The molecule has 0 saturated carbocycles. The highest BCUT2D eigenvalue weighted by atomic mass is 32.1. The van der Waals surface area contributed by atoms with Gasteiger partial charge in [0.1, 0.15) is 0 Å². The Morgan fingerprint density at radius 2 is 2.19 bits per heavy atom. The lowest BCUT2D eigenvalue weighted by molar-refractivity contribution is -0.138. The van der Waals surface area contributed by atoms with E-state index in [0.29, 0.717) is 32.2 Å². The van der Waals surface area contributed by atoms with Gasteiger partial charge in [-0.05, 0) is 24.4 Å². The second-order valence-corrected chi connectivity index (χ2v) is 8.03. The van der Waals surface area contributed by atoms with Crippen LogP contribution in [-0.2, 0) is 9.53 Å². The molecule has 0 spiro atoms. The van der Waals surface area contributed by atoms with Crippen LogP contribution in [0.5, 0.6) is 0 Å². The molecule has 2 N–H and O–H groups in total. The summed E-state index contributed by atoms with van der Waals surface area (Å²) in [6, 6.07) is 4.04. The number of rotatable bonds is 9. The highest BCUT2D eigenvalue weighted by Crippen LogP contribution is 2.30. The Balaban J connectivity index is 1.97. The first-order chi connectivity index (χ1) is 12.9. The fourth-order valence-electron chi connectivity index (χ4n) is 3.53. The molecule has 1 aliphatic heterocycles. The van der Waals surface area contributed by atoms with Crippen molar-refractivity contribution in [3.63, 3.8) is 0 Å². The van der Waals surface area contributed by atoms with Crippen molar-refractivity contribution in [2.45, 2.75) is 38.8 Å². The van der Waals surface area contributed by atoms with E-state index >= 15 is 0 Å². The van der Waals surface area contributed by atoms with Crippen LogP contribution in [0.4, 0.5) is 4.79 Å². The van der Waals surface area contributed by atoms with Gasteiger partial charge in [-0.25, -0.2) is 4.79 Å². The number of nitrogens with zero attached hydrogens (tertiary/aromatic N) is 2. The molecule has 2 unspecified atom stereocenters. The van der Waals surface area contributed by atoms with Crippen LogP contribution in [0.2, 0.25) is 0 Å². The summed E-state index contributed by atoms with van der Waals surface area (Å²) in [5.74, 6) is -0.474. The second-order valence-electron chi connectivity index (χ2n) is 7.05. The fourth-order valence-corrected chi connectivity index (χ4v) is 4.40. The van der Waals surface area contributed by atoms with Gasteiger partial charge in [0.25, 0.3) is 0 Å². The van der Waals surface area contributed by atoms with Crippen LogP contribution in [0.25, 0.3) is 0 Å². The average Bonchev–Trinajstić information content (AvgIpc) is 3.15. The molecule has 1 aromatic rings. The molecular weight excluding hydrogens is 366 g/mol. The lowest BCUT2D eigenvalue weighted by Gasteiger charge is -2.36. The maximum atomic E-state index is 12.9. The number of aliphatic carboxylic acids is 1. The molecule has 1 aromatic heterocycles. The predicted octanol–water partition coefficient (Wildman–Crippen LogP) is 2.65. The first-order valence-corrected chi connectivity index (χ1v) is 10.4. The summed E-state index contributed by atoms with van der Waals surface area (Å²) in [7, 11) is 1.75. The number of thiophene rings is 1. The fraction of sp³-hybridized carbons (Fsp3) is 0.684. The molecule has 7 nitrogen and oxygen atoms in total. The quantitative estimate of drug-likeness (QED) is 0.669. The number of hydrogen-bond acceptors (Lipinski definition) is 5. The number of nitrogens with one attached hydrogen (secondary N) is 1. The summed E-state index contributed by atoms with van der Waals surface area (Å²) in [6.07, 6.45) is 1.83. The lowest BCUT2D eigenvalue weighted by atomic mass is 9.93. The maximum absolute atomic E-state index is 12.9. The summed E-state index contributed by atoms with van der Waals surface area (Å²) < 4.78 is 5.72. The molecule has 2 amide bonds. The van der Waals surface area contributed by atoms with Gasteiger partial charge in [0.15, 0.2) is 0 Å². The van der Waals surface area contributed by atoms with E-state index in [1.165, 1.54) is 4.88 Å². The Bertz CT molecular complexity index is 592. The second kappa shape index (κ2) is 10.6. The number of amides is 2. The molecule has 152 valence electrons. The zero-order valence-corrected chi connectivity index (χ0v) is 17.2. The number of carboxylic acid groups (broad SMARTS) is 1. The van der Waals surface area contributed by atoms with E-state index in [-0.39, 0.29) is 24.7 Å². The topological polar surface area (TPSA) is 82.1 Å². The largest absolute Gasteiger partial charge is 0.480 e. The van der Waals surface area contributed by atoms with Crippen molar-refractivity contribution in [3.8, 4) is 0 Å². The number of urea groups is 1. The van der Waals surface area contributed by atoms with Crippen molar-refractivity contribution in [2.75, 3.05) is 39.8 Å². The number of ether oxygens (including phenoxy) is 1. The van der Waals surface area contributed by atoms with E-state index in [2.05, 4.69) is 25.2 Å². The van der Waals surface area contributed by atoms with Gasteiger partial charge in [-0.2, -0.15) is 0 Å². The van der Waals surface area contributed by atoms with Crippen molar-refractivity contribution >= 4 is 23.3 Å². The molecule has 2 atom stereocenters. The maximum Gasteiger partial charge on any atom is 0.318 e. The van der Waals surface area contributed by atoms with E-state index in [4.69, 9.17) is 9.84 Å². The minimum atomic E-state index is -0.869. The molecule has 2 rings (SSSR count). The molecule has 27 heavy (non-hydrogen) atoms. The van der Waals surface area contributed by atoms with Gasteiger partial charge in [0.05, 0.1) is 25.3 Å². The number of likely N-dealkylation sites (N-methyl/N-ethyl adjacent to an activating group) is 1. The monoisotopic (exact) mass is 397 g/mol. The zero-order chi connectivity index (χ0) is 19.8. The summed E-state index contributed by atoms with van der Waals surface area (Å²) in [5, 5.41) is 14.2. The Kier molecular flexibility index (Phi) is 8.53. The van der Waals surface area contributed by atoms with E-state index in [1.54, 1.807) is 28.2 Å². The highest BCUT2D eigenvalue weighted by molar-refractivity contribution is 7.10. The molecule has 0 radical (unpaired) electrons. The number of carbonyl (C=O) groups is 2. The third-order valence-corrected chi connectivity index (χ3v) is 5.95. The van der Waals surface area contributed by atoms with Crippen LogP contribution in [0, 0.1) is 5.92 Å². The standard InChI is InChI=1S/C19H31N3O4S/c1-4-14(5-2)18(16-7-6-10-27-16)20-19(25)22-8-9-26-15(12-22)11-21(3)13-17(23)24/h6-7,10,14-15,18H,4-5,8-9,11-13H2,1-3H3,(H,20,25)(H,23,24). The zero-order valence-electron chi connectivity index (χ0n) is 16.4. The summed E-state index contributed by atoms with van der Waals surface area (Å²) in [4.78, 5) is 28.4. The number of hydrogen-bond donors (Lipinski definition) is 2. The lowest BCUT2D eigenvalue weighted by Crippen LogP contribution is -2.53. The van der Waals surface area contributed by atoms with Crippen molar-refractivity contribution in [1.82, 2.24) is 15.1 Å². The van der Waals surface area contributed by atoms with Crippen LogP contribution in [0.15, 0.2) is 17.5 Å². The van der Waals surface area contributed by atoms with Crippen molar-refractivity contribution in [3.05, 3.63) is 22.4 Å². The first-order valence-electron chi connectivity index (χ1n) is 9.55. The summed E-state index contributed by atoms with van der Waals surface area (Å²) >= 11 is 1.67. The number of morpholine rings is 1. The van der Waals surface area contributed by atoms with Crippen molar-refractivity contribution in [2.24, 2.45) is 5.92 Å². The Morgan fingerprint density at radius 1 is 1.44 bits per heavy atom. The average molecular weight is 398 g/mol. The SMILES string of the molecule is CCC(CC)C(NC(=O)N1CCOC(CN(C)CC(=O)O)C1)c1cccs1. The Morgan fingerprint density at radius 3 is 2.78 bits per heavy atom. The predicted molar refractivity (Wildman–Crippen MR) is 106 cm³/mol. The summed E-state index contributed by atoms with van der Waals surface area (Å²) in [6.45, 7) is 6.24.